The number of aryl methyl sites for hydroxylation is 1. The molecule has 0 saturated carbocycles. The average molecular weight is 325 g/mol. The number of imide groups is 1. The molecule has 1 aliphatic rings. The van der Waals surface area contributed by atoms with Crippen molar-refractivity contribution in [3.63, 3.8) is 0 Å². The van der Waals surface area contributed by atoms with Crippen LogP contribution >= 0.6 is 11.3 Å². The van der Waals surface area contributed by atoms with Crippen LogP contribution in [-0.4, -0.2) is 31.2 Å². The Morgan fingerprint density at radius 2 is 2.14 bits per heavy atom. The fraction of sp³-hybridized carbons (Fsp3) is 0.533. The van der Waals surface area contributed by atoms with E-state index in [4.69, 9.17) is 4.74 Å². The number of esters is 1. The highest BCUT2D eigenvalue weighted by Crippen LogP contribution is 2.32. The molecule has 2 amide bonds. The van der Waals surface area contributed by atoms with Gasteiger partial charge in [-0.05, 0) is 43.7 Å². The molecule has 0 fully saturated rings. The Morgan fingerprint density at radius 1 is 1.41 bits per heavy atom. The molecule has 1 heterocycles. The number of hydrogen-bond acceptors (Lipinski definition) is 6. The minimum Gasteiger partial charge on any atom is -0.453 e. The molecular weight excluding hydrogens is 306 g/mol. The molecule has 0 spiro atoms. The fourth-order valence-corrected chi connectivity index (χ4v) is 3.42. The Morgan fingerprint density at radius 3 is 2.82 bits per heavy atom. The van der Waals surface area contributed by atoms with Crippen LogP contribution in [0.25, 0.3) is 0 Å². The summed E-state index contributed by atoms with van der Waals surface area (Å²) in [5, 5.41) is 1.97. The number of fused-ring (bicyclic) bond motifs is 1. The molecule has 0 bridgehead atoms. The Kier molecular flexibility index (Phi) is 5.18. The lowest BCUT2D eigenvalue weighted by Gasteiger charge is -2.16. The van der Waals surface area contributed by atoms with E-state index in [-0.39, 0.29) is 0 Å². The second-order valence-electron chi connectivity index (χ2n) is 5.44. The average Bonchev–Trinajstić information content (AvgIpc) is 2.89. The second-order valence-corrected chi connectivity index (χ2v) is 6.57. The van der Waals surface area contributed by atoms with Crippen LogP contribution in [0.1, 0.15) is 40.4 Å². The van der Waals surface area contributed by atoms with E-state index in [9.17, 15) is 14.4 Å². The van der Waals surface area contributed by atoms with E-state index >= 15 is 0 Å². The van der Waals surface area contributed by atoms with Gasteiger partial charge in [-0.15, -0.1) is 11.3 Å². The molecule has 2 rings (SSSR count). The van der Waals surface area contributed by atoms with E-state index in [0.29, 0.717) is 10.8 Å². The number of ether oxygens (including phenoxy) is 2. The van der Waals surface area contributed by atoms with Crippen molar-refractivity contribution in [2.24, 2.45) is 5.92 Å². The van der Waals surface area contributed by atoms with Gasteiger partial charge >= 0.3 is 12.1 Å². The molecule has 0 aromatic carbocycles. The molecule has 1 aromatic heterocycles. The summed E-state index contributed by atoms with van der Waals surface area (Å²) in [6.45, 7) is 3.60. The number of rotatable bonds is 3. The second kappa shape index (κ2) is 6.91. The third kappa shape index (κ3) is 3.85. The molecule has 1 aliphatic carbocycles. The normalized spacial score (nSPS) is 18.0. The van der Waals surface area contributed by atoms with Crippen molar-refractivity contribution in [2.75, 3.05) is 7.11 Å². The number of carbonyl (C=O) groups excluding carboxylic acids is 3. The Balaban J connectivity index is 1.97. The molecule has 1 N–H and O–H groups in total. The standard InChI is InChI=1S/C15H19NO5S/c1-8-4-5-11-10(6-8)7-12(22-11)14(18)21-9(2)13(17)16-15(19)20-3/h7-9H,4-6H2,1-3H3,(H,16,17,19)/t8-,9+/m1/s1. The van der Waals surface area contributed by atoms with E-state index in [1.54, 1.807) is 0 Å². The smallest absolute Gasteiger partial charge is 0.413 e. The number of carbonyl (C=O) groups is 3. The highest BCUT2D eigenvalue weighted by molar-refractivity contribution is 7.14. The highest BCUT2D eigenvalue weighted by Gasteiger charge is 2.25. The fourth-order valence-electron chi connectivity index (χ4n) is 2.33. The minimum atomic E-state index is -1.07. The topological polar surface area (TPSA) is 81.7 Å². The first-order chi connectivity index (χ1) is 10.4. The van der Waals surface area contributed by atoms with Gasteiger partial charge in [0.1, 0.15) is 4.88 Å². The van der Waals surface area contributed by atoms with Gasteiger partial charge < -0.3 is 9.47 Å². The van der Waals surface area contributed by atoms with Gasteiger partial charge in [0, 0.05) is 4.88 Å². The zero-order valence-corrected chi connectivity index (χ0v) is 13.6. The summed E-state index contributed by atoms with van der Waals surface area (Å²) in [4.78, 5) is 36.4. The first-order valence-electron chi connectivity index (χ1n) is 7.12. The summed E-state index contributed by atoms with van der Waals surface area (Å²) in [6, 6.07) is 1.85. The van der Waals surface area contributed by atoms with E-state index in [1.807, 2.05) is 11.4 Å². The van der Waals surface area contributed by atoms with Crippen molar-refractivity contribution in [3.05, 3.63) is 21.4 Å². The molecule has 22 heavy (non-hydrogen) atoms. The van der Waals surface area contributed by atoms with Crippen LogP contribution in [0.3, 0.4) is 0 Å². The van der Waals surface area contributed by atoms with E-state index in [2.05, 4.69) is 11.7 Å². The maximum Gasteiger partial charge on any atom is 0.413 e. The van der Waals surface area contributed by atoms with Gasteiger partial charge in [0.25, 0.3) is 5.91 Å². The summed E-state index contributed by atoms with van der Waals surface area (Å²) in [5.74, 6) is -0.634. The largest absolute Gasteiger partial charge is 0.453 e. The van der Waals surface area contributed by atoms with Crippen molar-refractivity contribution in [3.8, 4) is 0 Å². The SMILES string of the molecule is COC(=O)NC(=O)[C@H](C)OC(=O)c1cc2c(s1)CC[C@@H](C)C2. The van der Waals surface area contributed by atoms with E-state index < -0.39 is 24.1 Å². The zero-order valence-electron chi connectivity index (χ0n) is 12.8. The first kappa shape index (κ1) is 16.5. The van der Waals surface area contributed by atoms with Crippen LogP contribution in [0.4, 0.5) is 4.79 Å². The number of alkyl carbamates (subject to hydrolysis) is 1. The number of hydrogen-bond donors (Lipinski definition) is 1. The van der Waals surface area contributed by atoms with E-state index in [0.717, 1.165) is 26.4 Å². The number of methoxy groups -OCH3 is 1. The van der Waals surface area contributed by atoms with Crippen LogP contribution in [0.2, 0.25) is 0 Å². The Hall–Kier alpha value is -1.89. The number of nitrogens with one attached hydrogen (secondary N) is 1. The summed E-state index contributed by atoms with van der Waals surface area (Å²) in [6.07, 6.45) is 1.13. The van der Waals surface area contributed by atoms with Crippen molar-refractivity contribution < 1.29 is 23.9 Å². The Labute approximate surface area is 132 Å². The van der Waals surface area contributed by atoms with Gasteiger partial charge in [-0.2, -0.15) is 0 Å². The monoisotopic (exact) mass is 325 g/mol. The number of amides is 2. The maximum absolute atomic E-state index is 12.1. The third-order valence-corrected chi connectivity index (χ3v) is 4.81. The van der Waals surface area contributed by atoms with Crippen molar-refractivity contribution in [1.82, 2.24) is 5.32 Å². The molecule has 7 heteroatoms. The van der Waals surface area contributed by atoms with Crippen molar-refractivity contribution in [1.29, 1.82) is 0 Å². The van der Waals surface area contributed by atoms with Gasteiger partial charge in [0.2, 0.25) is 0 Å². The summed E-state index contributed by atoms with van der Waals surface area (Å²) in [7, 11) is 1.15. The van der Waals surface area contributed by atoms with Gasteiger partial charge in [-0.3, -0.25) is 10.1 Å². The lowest BCUT2D eigenvalue weighted by atomic mass is 9.90. The van der Waals surface area contributed by atoms with Crippen molar-refractivity contribution >= 4 is 29.3 Å². The molecule has 6 nitrogen and oxygen atoms in total. The molecule has 0 unspecified atom stereocenters. The maximum atomic E-state index is 12.1. The minimum absolute atomic E-state index is 0.497. The molecule has 1 aromatic rings. The third-order valence-electron chi connectivity index (χ3n) is 3.59. The number of thiophene rings is 1. The van der Waals surface area contributed by atoms with Crippen LogP contribution < -0.4 is 5.32 Å². The zero-order chi connectivity index (χ0) is 16.3. The first-order valence-corrected chi connectivity index (χ1v) is 7.93. The molecular formula is C15H19NO5S. The van der Waals surface area contributed by atoms with Crippen molar-refractivity contribution in [2.45, 2.75) is 39.2 Å². The van der Waals surface area contributed by atoms with Crippen LogP contribution in [0, 0.1) is 5.92 Å². The molecule has 0 aliphatic heterocycles. The van der Waals surface area contributed by atoms with Crippen LogP contribution in [0.5, 0.6) is 0 Å². The van der Waals surface area contributed by atoms with Gasteiger partial charge in [0.05, 0.1) is 7.11 Å². The lowest BCUT2D eigenvalue weighted by molar-refractivity contribution is -0.128. The van der Waals surface area contributed by atoms with Gasteiger partial charge in [-0.1, -0.05) is 6.92 Å². The Bertz CT molecular complexity index is 595. The van der Waals surface area contributed by atoms with Crippen LogP contribution in [-0.2, 0) is 27.1 Å². The summed E-state index contributed by atoms with van der Waals surface area (Å²) < 4.78 is 9.42. The lowest BCUT2D eigenvalue weighted by Crippen LogP contribution is -2.39. The highest BCUT2D eigenvalue weighted by atomic mass is 32.1. The van der Waals surface area contributed by atoms with Crippen LogP contribution in [0.15, 0.2) is 6.07 Å². The predicted octanol–water partition coefficient (Wildman–Crippen LogP) is 2.30. The van der Waals surface area contributed by atoms with Gasteiger partial charge in [0.15, 0.2) is 6.10 Å². The molecule has 120 valence electrons. The van der Waals surface area contributed by atoms with E-state index in [1.165, 1.54) is 28.7 Å². The summed E-state index contributed by atoms with van der Waals surface area (Å²) in [5.41, 5.74) is 1.20. The predicted molar refractivity (Wildman–Crippen MR) is 80.9 cm³/mol. The van der Waals surface area contributed by atoms with Gasteiger partial charge in [-0.25, -0.2) is 9.59 Å². The molecule has 2 atom stereocenters. The molecule has 0 radical (unpaired) electrons. The quantitative estimate of drug-likeness (QED) is 0.862. The molecule has 0 saturated heterocycles. The summed E-state index contributed by atoms with van der Waals surface area (Å²) >= 11 is 1.42.